The molecule has 0 spiro atoms. The maximum absolute atomic E-state index is 11.1. The van der Waals surface area contributed by atoms with Gasteiger partial charge in [-0.3, -0.25) is 9.59 Å². The van der Waals surface area contributed by atoms with Crippen molar-refractivity contribution in [1.29, 1.82) is 0 Å². The van der Waals surface area contributed by atoms with E-state index < -0.39 is 28.1 Å². The average molecular weight is 219 g/mol. The lowest BCUT2D eigenvalue weighted by Crippen LogP contribution is -2.39. The Bertz CT molecular complexity index is 316. The molecule has 2 aliphatic rings. The fraction of sp³-hybridized carbons (Fsp3) is 0.778. The minimum Gasteiger partial charge on any atom is -0.481 e. The van der Waals surface area contributed by atoms with Gasteiger partial charge in [-0.2, -0.15) is 0 Å². The van der Waals surface area contributed by atoms with Crippen LogP contribution in [0.2, 0.25) is 0 Å². The summed E-state index contributed by atoms with van der Waals surface area (Å²) in [5.41, 5.74) is -2.28. The van der Waals surface area contributed by atoms with E-state index in [-0.39, 0.29) is 6.42 Å². The molecular formula is C9H11ClO4. The van der Waals surface area contributed by atoms with Crippen molar-refractivity contribution in [2.75, 3.05) is 0 Å². The molecule has 2 N–H and O–H groups in total. The normalized spacial score (nSPS) is 45.4. The van der Waals surface area contributed by atoms with Crippen LogP contribution in [0.3, 0.4) is 0 Å². The second-order valence-corrected chi connectivity index (χ2v) is 4.73. The van der Waals surface area contributed by atoms with Crippen LogP contribution in [-0.2, 0) is 9.59 Å². The van der Waals surface area contributed by atoms with Crippen LogP contribution in [0, 0.1) is 10.8 Å². The van der Waals surface area contributed by atoms with E-state index in [1.165, 1.54) is 0 Å². The van der Waals surface area contributed by atoms with Crippen molar-refractivity contribution in [1.82, 2.24) is 0 Å². The third kappa shape index (κ3) is 0.848. The molecule has 2 aliphatic carbocycles. The molecular weight excluding hydrogens is 208 g/mol. The monoisotopic (exact) mass is 218 g/mol. The summed E-state index contributed by atoms with van der Waals surface area (Å²) in [6.45, 7) is 0. The number of carboxylic acids is 2. The standard InChI is InChI=1S/C9H11ClO4/c10-5-2-1-3-8(6(11)12)4-9(5,8)7(13)14/h5H,1-4H2,(H,11,12)(H,13,14). The molecule has 0 aliphatic heterocycles. The van der Waals surface area contributed by atoms with E-state index in [1.807, 2.05) is 0 Å². The highest BCUT2D eigenvalue weighted by molar-refractivity contribution is 6.24. The lowest BCUT2D eigenvalue weighted by atomic mass is 9.79. The highest BCUT2D eigenvalue weighted by Crippen LogP contribution is 2.72. The Kier molecular flexibility index (Phi) is 1.83. The highest BCUT2D eigenvalue weighted by Gasteiger charge is 2.80. The third-order valence-corrected chi connectivity index (χ3v) is 4.29. The van der Waals surface area contributed by atoms with Crippen molar-refractivity contribution in [2.45, 2.75) is 31.1 Å². The number of fused-ring (bicyclic) bond motifs is 1. The van der Waals surface area contributed by atoms with Gasteiger partial charge in [0.15, 0.2) is 0 Å². The molecule has 3 atom stereocenters. The maximum Gasteiger partial charge on any atom is 0.312 e. The number of hydrogen-bond donors (Lipinski definition) is 2. The van der Waals surface area contributed by atoms with Gasteiger partial charge in [-0.25, -0.2) is 0 Å². The predicted molar refractivity (Wildman–Crippen MR) is 48.2 cm³/mol. The molecule has 0 bridgehead atoms. The van der Waals surface area contributed by atoms with E-state index in [9.17, 15) is 9.59 Å². The Hall–Kier alpha value is -0.770. The summed E-state index contributed by atoms with van der Waals surface area (Å²) < 4.78 is 0. The molecule has 78 valence electrons. The maximum atomic E-state index is 11.1. The predicted octanol–water partition coefficient (Wildman–Crippen LogP) is 1.32. The molecule has 0 aromatic rings. The summed E-state index contributed by atoms with van der Waals surface area (Å²) >= 11 is 5.95. The molecule has 0 aromatic heterocycles. The van der Waals surface area contributed by atoms with Crippen molar-refractivity contribution in [3.05, 3.63) is 0 Å². The summed E-state index contributed by atoms with van der Waals surface area (Å²) in [7, 11) is 0. The molecule has 2 fully saturated rings. The summed E-state index contributed by atoms with van der Waals surface area (Å²) in [6, 6.07) is 0. The Labute approximate surface area is 85.9 Å². The minimum absolute atomic E-state index is 0.193. The van der Waals surface area contributed by atoms with E-state index in [0.717, 1.165) is 0 Å². The van der Waals surface area contributed by atoms with Gasteiger partial charge in [-0.15, -0.1) is 11.6 Å². The number of carbonyl (C=O) groups is 2. The SMILES string of the molecule is O=C(O)C12CCCC(Cl)C1(C(=O)O)C2. The van der Waals surface area contributed by atoms with E-state index in [2.05, 4.69) is 0 Å². The van der Waals surface area contributed by atoms with Gasteiger partial charge < -0.3 is 10.2 Å². The van der Waals surface area contributed by atoms with Crippen molar-refractivity contribution in [2.24, 2.45) is 10.8 Å². The van der Waals surface area contributed by atoms with Gasteiger partial charge in [-0.1, -0.05) is 6.42 Å². The highest BCUT2D eigenvalue weighted by atomic mass is 35.5. The topological polar surface area (TPSA) is 74.6 Å². The van der Waals surface area contributed by atoms with Gasteiger partial charge in [0.1, 0.15) is 5.41 Å². The van der Waals surface area contributed by atoms with Crippen molar-refractivity contribution >= 4 is 23.5 Å². The number of carboxylic acid groups (broad SMARTS) is 2. The molecule has 2 rings (SSSR count). The van der Waals surface area contributed by atoms with E-state index >= 15 is 0 Å². The van der Waals surface area contributed by atoms with Crippen LogP contribution < -0.4 is 0 Å². The van der Waals surface area contributed by atoms with Crippen LogP contribution >= 0.6 is 11.6 Å². The van der Waals surface area contributed by atoms with Gasteiger partial charge in [0.05, 0.1) is 10.8 Å². The van der Waals surface area contributed by atoms with Gasteiger partial charge in [0.2, 0.25) is 0 Å². The second-order valence-electron chi connectivity index (χ2n) is 4.20. The molecule has 0 aromatic carbocycles. The first kappa shape index (κ1) is 9.77. The first-order valence-corrected chi connectivity index (χ1v) is 5.02. The average Bonchev–Trinajstić information content (AvgIpc) is 2.78. The van der Waals surface area contributed by atoms with Crippen LogP contribution in [0.1, 0.15) is 25.7 Å². The zero-order chi connectivity index (χ0) is 10.6. The van der Waals surface area contributed by atoms with Crippen LogP contribution in [-0.4, -0.2) is 27.5 Å². The molecule has 0 radical (unpaired) electrons. The van der Waals surface area contributed by atoms with Gasteiger partial charge in [0, 0.05) is 0 Å². The summed E-state index contributed by atoms with van der Waals surface area (Å²) in [6.07, 6.45) is 1.94. The summed E-state index contributed by atoms with van der Waals surface area (Å²) in [4.78, 5) is 22.1. The van der Waals surface area contributed by atoms with Crippen LogP contribution in [0.5, 0.6) is 0 Å². The molecule has 2 saturated carbocycles. The quantitative estimate of drug-likeness (QED) is 0.686. The first-order chi connectivity index (χ1) is 6.47. The van der Waals surface area contributed by atoms with E-state index in [0.29, 0.717) is 19.3 Å². The Morgan fingerprint density at radius 2 is 1.93 bits per heavy atom. The Balaban J connectivity index is 2.39. The first-order valence-electron chi connectivity index (χ1n) is 4.58. The lowest BCUT2D eigenvalue weighted by molar-refractivity contribution is -0.155. The molecule has 0 amide bonds. The van der Waals surface area contributed by atoms with Crippen LogP contribution in [0.15, 0.2) is 0 Å². The van der Waals surface area contributed by atoms with E-state index in [4.69, 9.17) is 21.8 Å². The van der Waals surface area contributed by atoms with Crippen LogP contribution in [0.4, 0.5) is 0 Å². The molecule has 5 heteroatoms. The van der Waals surface area contributed by atoms with Gasteiger partial charge in [-0.05, 0) is 19.3 Å². The largest absolute Gasteiger partial charge is 0.481 e. The fourth-order valence-corrected chi connectivity index (χ4v) is 3.30. The third-order valence-electron chi connectivity index (χ3n) is 3.70. The summed E-state index contributed by atoms with van der Waals surface area (Å²) in [5.74, 6) is -2.06. The number of rotatable bonds is 2. The molecule has 14 heavy (non-hydrogen) atoms. The molecule has 3 unspecified atom stereocenters. The number of alkyl halides is 1. The Morgan fingerprint density at radius 1 is 1.29 bits per heavy atom. The van der Waals surface area contributed by atoms with Crippen LogP contribution in [0.25, 0.3) is 0 Å². The van der Waals surface area contributed by atoms with E-state index in [1.54, 1.807) is 0 Å². The van der Waals surface area contributed by atoms with Crippen molar-refractivity contribution in [3.63, 3.8) is 0 Å². The zero-order valence-corrected chi connectivity index (χ0v) is 8.25. The number of halogens is 1. The number of hydrogen-bond acceptors (Lipinski definition) is 2. The zero-order valence-electron chi connectivity index (χ0n) is 7.49. The van der Waals surface area contributed by atoms with Crippen molar-refractivity contribution < 1.29 is 19.8 Å². The molecule has 4 nitrogen and oxygen atoms in total. The van der Waals surface area contributed by atoms with Gasteiger partial charge in [0.25, 0.3) is 0 Å². The lowest BCUT2D eigenvalue weighted by Gasteiger charge is -2.28. The summed E-state index contributed by atoms with van der Waals surface area (Å²) in [5, 5.41) is 17.6. The second kappa shape index (κ2) is 2.63. The fourth-order valence-electron chi connectivity index (χ4n) is 2.77. The minimum atomic E-state index is -1.20. The van der Waals surface area contributed by atoms with Crippen molar-refractivity contribution in [3.8, 4) is 0 Å². The number of aliphatic carboxylic acids is 2. The van der Waals surface area contributed by atoms with Gasteiger partial charge >= 0.3 is 11.9 Å². The molecule has 0 saturated heterocycles. The Morgan fingerprint density at radius 3 is 2.36 bits per heavy atom. The smallest absolute Gasteiger partial charge is 0.312 e. The molecule has 0 heterocycles.